The quantitative estimate of drug-likeness (QED) is 0.446. The molecule has 3 aromatic rings. The average molecular weight is 401 g/mol. The van der Waals surface area contributed by atoms with E-state index in [1.165, 1.54) is 18.2 Å². The van der Waals surface area contributed by atoms with Crippen molar-refractivity contribution in [2.24, 2.45) is 0 Å². The Hall–Kier alpha value is -3.14. The molecular formula is C24H28N6. The second kappa shape index (κ2) is 9.57. The lowest BCUT2D eigenvalue weighted by molar-refractivity contribution is 0.390. The summed E-state index contributed by atoms with van der Waals surface area (Å²) in [7, 11) is 0. The molecule has 0 unspecified atom stereocenters. The van der Waals surface area contributed by atoms with Crippen LogP contribution >= 0.6 is 0 Å². The predicted molar refractivity (Wildman–Crippen MR) is 123 cm³/mol. The number of nitrogens with one attached hydrogen (secondary N) is 4. The summed E-state index contributed by atoms with van der Waals surface area (Å²) in [6.45, 7) is 5.25. The lowest BCUT2D eigenvalue weighted by atomic mass is 10.1. The average Bonchev–Trinajstić information content (AvgIpc) is 3.26. The summed E-state index contributed by atoms with van der Waals surface area (Å²) in [5.41, 5.74) is 5.51. The molecule has 6 heteroatoms. The minimum atomic E-state index is 0.540. The van der Waals surface area contributed by atoms with Crippen LogP contribution in [0, 0.1) is 18.3 Å². The van der Waals surface area contributed by atoms with Gasteiger partial charge in [-0.3, -0.25) is 4.98 Å². The summed E-state index contributed by atoms with van der Waals surface area (Å²) in [6.07, 6.45) is 12.9. The minimum Gasteiger partial charge on any atom is -0.361 e. The Morgan fingerprint density at radius 1 is 1.23 bits per heavy atom. The first-order chi connectivity index (χ1) is 14.8. The highest BCUT2D eigenvalue weighted by Gasteiger charge is 2.12. The van der Waals surface area contributed by atoms with Crippen LogP contribution in [0.4, 0.5) is 11.4 Å². The lowest BCUT2D eigenvalue weighted by Crippen LogP contribution is -2.40. The van der Waals surface area contributed by atoms with E-state index in [0.717, 1.165) is 54.1 Å². The number of nitriles is 1. The number of anilines is 2. The topological polar surface area (TPSA) is 88.6 Å². The summed E-state index contributed by atoms with van der Waals surface area (Å²) in [5.74, 6) is 0. The van der Waals surface area contributed by atoms with Crippen molar-refractivity contribution in [1.82, 2.24) is 20.6 Å². The second-order valence-corrected chi connectivity index (χ2v) is 7.73. The number of nitrogens with zero attached hydrogens (tertiary/aromatic N) is 2. The predicted octanol–water partition coefficient (Wildman–Crippen LogP) is 4.23. The summed E-state index contributed by atoms with van der Waals surface area (Å²) >= 11 is 0. The van der Waals surface area contributed by atoms with Gasteiger partial charge >= 0.3 is 0 Å². The lowest BCUT2D eigenvalue weighted by Gasteiger charge is -2.23. The van der Waals surface area contributed by atoms with E-state index in [9.17, 15) is 5.26 Å². The number of rotatable bonds is 7. The fraction of sp³-hybridized carbons (Fsp3) is 0.333. The Kier molecular flexibility index (Phi) is 6.43. The van der Waals surface area contributed by atoms with Crippen molar-refractivity contribution in [3.8, 4) is 6.07 Å². The Balaban J connectivity index is 1.48. The van der Waals surface area contributed by atoms with Crippen LogP contribution in [0.1, 0.15) is 36.0 Å². The van der Waals surface area contributed by atoms with Crippen LogP contribution in [0.15, 0.2) is 42.9 Å². The molecule has 0 bridgehead atoms. The monoisotopic (exact) mass is 400 g/mol. The van der Waals surface area contributed by atoms with Gasteiger partial charge in [0.2, 0.25) is 0 Å². The molecule has 2 aromatic heterocycles. The van der Waals surface area contributed by atoms with Crippen LogP contribution in [0.5, 0.6) is 0 Å². The highest BCUT2D eigenvalue weighted by molar-refractivity contribution is 5.89. The van der Waals surface area contributed by atoms with Gasteiger partial charge < -0.3 is 20.9 Å². The van der Waals surface area contributed by atoms with E-state index < -0.39 is 0 Å². The molecule has 1 aliphatic heterocycles. The molecule has 154 valence electrons. The first kappa shape index (κ1) is 20.1. The van der Waals surface area contributed by atoms with Crippen LogP contribution in [0.3, 0.4) is 0 Å². The van der Waals surface area contributed by atoms with Gasteiger partial charge in [0.05, 0.1) is 11.3 Å². The zero-order valence-electron chi connectivity index (χ0n) is 17.3. The number of aryl methyl sites for hydroxylation is 1. The molecule has 30 heavy (non-hydrogen) atoms. The van der Waals surface area contributed by atoms with Crippen molar-refractivity contribution in [2.75, 3.05) is 25.0 Å². The number of H-pyrrole nitrogens is 1. The van der Waals surface area contributed by atoms with E-state index in [-0.39, 0.29) is 0 Å². The Bertz CT molecular complexity index is 1070. The molecule has 1 aliphatic rings. The maximum absolute atomic E-state index is 9.61. The van der Waals surface area contributed by atoms with Crippen LogP contribution in [-0.2, 0) is 0 Å². The van der Waals surface area contributed by atoms with Gasteiger partial charge in [-0.25, -0.2) is 0 Å². The molecular weight excluding hydrogens is 372 g/mol. The summed E-state index contributed by atoms with van der Waals surface area (Å²) in [5, 5.41) is 21.3. The van der Waals surface area contributed by atoms with Gasteiger partial charge in [-0.2, -0.15) is 5.26 Å². The molecule has 6 nitrogen and oxygen atoms in total. The molecule has 1 saturated heterocycles. The van der Waals surface area contributed by atoms with Crippen molar-refractivity contribution in [1.29, 1.82) is 5.26 Å². The molecule has 0 aliphatic carbocycles. The van der Waals surface area contributed by atoms with E-state index in [1.54, 1.807) is 6.20 Å². The van der Waals surface area contributed by atoms with Crippen LogP contribution in [-0.4, -0.2) is 35.6 Å². The van der Waals surface area contributed by atoms with Crippen LogP contribution in [0.25, 0.3) is 17.0 Å². The standard InChI is InChI=1S/C24H28N6/c1-17-21-9-13-29-23(21)6-5-22(17)30-24-18(15-27-16-19(24)14-25)4-2-3-10-28-20-7-11-26-12-8-20/h2,4-6,9,13,15-16,20,26,28-29H,3,7-8,10-12H2,1H3,(H,27,30). The van der Waals surface area contributed by atoms with Crippen LogP contribution < -0.4 is 16.0 Å². The van der Waals surface area contributed by atoms with Crippen molar-refractivity contribution in [3.05, 3.63) is 59.6 Å². The fourth-order valence-corrected chi connectivity index (χ4v) is 3.99. The second-order valence-electron chi connectivity index (χ2n) is 7.73. The molecule has 3 heterocycles. The molecule has 1 fully saturated rings. The molecule has 0 amide bonds. The fourth-order valence-electron chi connectivity index (χ4n) is 3.99. The largest absolute Gasteiger partial charge is 0.361 e. The van der Waals surface area contributed by atoms with Crippen LogP contribution in [0.2, 0.25) is 0 Å². The number of piperidine rings is 1. The normalized spacial score (nSPS) is 14.9. The van der Waals surface area contributed by atoms with Crippen molar-refractivity contribution >= 4 is 28.4 Å². The number of fused-ring (bicyclic) bond motifs is 1. The zero-order chi connectivity index (χ0) is 20.8. The molecule has 0 radical (unpaired) electrons. The van der Waals surface area contributed by atoms with E-state index in [0.29, 0.717) is 11.6 Å². The van der Waals surface area contributed by atoms with Crippen molar-refractivity contribution in [2.45, 2.75) is 32.2 Å². The molecule has 0 saturated carbocycles. The smallest absolute Gasteiger partial charge is 0.103 e. The summed E-state index contributed by atoms with van der Waals surface area (Å²) in [4.78, 5) is 7.49. The number of aromatic nitrogens is 2. The first-order valence-corrected chi connectivity index (χ1v) is 10.6. The third kappa shape index (κ3) is 4.54. The molecule has 4 rings (SSSR count). The molecule has 0 spiro atoms. The molecule has 1 aromatic carbocycles. The number of hydrogen-bond donors (Lipinski definition) is 4. The van der Waals surface area contributed by atoms with E-state index in [4.69, 9.17) is 0 Å². The SMILES string of the molecule is Cc1c(Nc2c(C#N)cncc2C=CCCNC2CCNCC2)ccc2[nH]ccc12. The Morgan fingerprint density at radius 3 is 2.93 bits per heavy atom. The van der Waals surface area contributed by atoms with E-state index in [2.05, 4.69) is 63.2 Å². The van der Waals surface area contributed by atoms with Gasteiger partial charge in [0.1, 0.15) is 6.07 Å². The summed E-state index contributed by atoms with van der Waals surface area (Å²) < 4.78 is 0. The van der Waals surface area contributed by atoms with E-state index >= 15 is 0 Å². The van der Waals surface area contributed by atoms with Gasteiger partial charge in [-0.05, 0) is 69.6 Å². The zero-order valence-corrected chi connectivity index (χ0v) is 17.3. The number of benzene rings is 1. The number of pyridine rings is 1. The third-order valence-electron chi connectivity index (χ3n) is 5.74. The van der Waals surface area contributed by atoms with Gasteiger partial charge in [-0.1, -0.05) is 12.2 Å². The summed E-state index contributed by atoms with van der Waals surface area (Å²) in [6, 6.07) is 9.06. The van der Waals surface area contributed by atoms with Gasteiger partial charge in [0.25, 0.3) is 0 Å². The minimum absolute atomic E-state index is 0.540. The highest BCUT2D eigenvalue weighted by Crippen LogP contribution is 2.30. The highest BCUT2D eigenvalue weighted by atomic mass is 15.0. The van der Waals surface area contributed by atoms with Crippen molar-refractivity contribution in [3.63, 3.8) is 0 Å². The molecule has 0 atom stereocenters. The number of aromatic amines is 1. The van der Waals surface area contributed by atoms with Gasteiger partial charge in [0.15, 0.2) is 0 Å². The molecule has 4 N–H and O–H groups in total. The van der Waals surface area contributed by atoms with Gasteiger partial charge in [-0.15, -0.1) is 0 Å². The van der Waals surface area contributed by atoms with E-state index in [1.807, 2.05) is 18.5 Å². The third-order valence-corrected chi connectivity index (χ3v) is 5.74. The Morgan fingerprint density at radius 2 is 2.10 bits per heavy atom. The van der Waals surface area contributed by atoms with Crippen molar-refractivity contribution < 1.29 is 0 Å². The maximum atomic E-state index is 9.61. The Labute approximate surface area is 177 Å². The number of hydrogen-bond acceptors (Lipinski definition) is 5. The van der Waals surface area contributed by atoms with Gasteiger partial charge in [0, 0.05) is 46.8 Å². The first-order valence-electron chi connectivity index (χ1n) is 10.6. The maximum Gasteiger partial charge on any atom is 0.103 e.